The molecule has 0 bridgehead atoms. The van der Waals surface area contributed by atoms with Crippen molar-refractivity contribution in [3.8, 4) is 0 Å². The first-order chi connectivity index (χ1) is 7.41. The summed E-state index contributed by atoms with van der Waals surface area (Å²) in [5, 5.41) is 32.6. The summed E-state index contributed by atoms with van der Waals surface area (Å²) >= 11 is 0. The predicted octanol–water partition coefficient (Wildman–Crippen LogP) is 0.606. The van der Waals surface area contributed by atoms with Crippen LogP contribution in [0.5, 0.6) is 0 Å². The van der Waals surface area contributed by atoms with Crippen LogP contribution < -0.4 is 0 Å². The number of rotatable bonds is 12. The Morgan fingerprint density at radius 3 is 1.00 bits per heavy atom. The Balaban J connectivity index is 2.86. The lowest BCUT2D eigenvalue weighted by atomic mass is 11.2. The second kappa shape index (κ2) is 12.7. The van der Waals surface area contributed by atoms with Crippen molar-refractivity contribution in [2.45, 2.75) is 0 Å². The molecule has 0 aromatic rings. The van der Waals surface area contributed by atoms with Crippen LogP contribution in [0, 0.1) is 0 Å². The van der Waals surface area contributed by atoms with Crippen LogP contribution in [-0.4, -0.2) is 0 Å². The molecule has 0 aromatic heterocycles. The first-order valence-electron chi connectivity index (χ1n) is 2.95. The maximum Gasteiger partial charge on any atom is 0.125 e. The van der Waals surface area contributed by atoms with Crippen molar-refractivity contribution < 1.29 is 55.1 Å². The van der Waals surface area contributed by atoms with E-state index in [9.17, 15) is 0 Å². The van der Waals surface area contributed by atoms with Crippen LogP contribution in [0.3, 0.4) is 0 Å². The molecule has 0 atom stereocenters. The van der Waals surface area contributed by atoms with Crippen molar-refractivity contribution in [1.82, 2.24) is 0 Å². The molecule has 0 aromatic carbocycles. The van der Waals surface area contributed by atoms with Crippen LogP contribution in [-0.2, 0) is 55.1 Å². The maximum atomic E-state index is 3.94. The van der Waals surface area contributed by atoms with Crippen molar-refractivity contribution in [2.75, 3.05) is 0 Å². The van der Waals surface area contributed by atoms with Crippen LogP contribution in [0.4, 0.5) is 0 Å². The molecule has 0 saturated heterocycles. The first kappa shape index (κ1) is 13.7. The van der Waals surface area contributed by atoms with E-state index < -0.39 is 0 Å². The van der Waals surface area contributed by atoms with E-state index in [1.165, 1.54) is 0 Å². The van der Waals surface area contributed by atoms with Gasteiger partial charge in [0, 0.05) is 45.3 Å². The van der Waals surface area contributed by atoms with Gasteiger partial charge in [-0.05, 0) is 0 Å². The molecule has 0 N–H and O–H groups in total. The maximum absolute atomic E-state index is 3.94. The van der Waals surface area contributed by atoms with Crippen molar-refractivity contribution in [2.24, 2.45) is 0 Å². The average molecular weight is 230 g/mol. The van der Waals surface area contributed by atoms with Crippen molar-refractivity contribution in [3.63, 3.8) is 0 Å². The van der Waals surface area contributed by atoms with Crippen molar-refractivity contribution in [1.29, 1.82) is 0 Å². The number of hydrogen-bond donors (Lipinski definition) is 0. The highest BCUT2D eigenvalue weighted by Gasteiger charge is 1.95. The highest BCUT2D eigenvalue weighted by molar-refractivity contribution is 4.41. The highest BCUT2D eigenvalue weighted by atomic mass is 17.9. The third kappa shape index (κ3) is 12.7. The normalized spacial score (nSPS) is 9.60. The van der Waals surface area contributed by atoms with Gasteiger partial charge in [-0.25, -0.2) is 0 Å². The average Bonchev–Trinajstić information content (AvgIpc) is 2.26. The Labute approximate surface area is 82.0 Å². The lowest BCUT2D eigenvalue weighted by molar-refractivity contribution is -0.852. The molecule has 0 rings (SSSR count). The number of hydrogen-bond acceptors (Lipinski definition) is 11. The fraction of sp³-hybridized carbons (Fsp3) is 0. The van der Waals surface area contributed by atoms with E-state index in [1.807, 2.05) is 0 Å². The largest absolute Gasteiger partial charge is 0.315 e. The van der Waals surface area contributed by atoms with E-state index in [2.05, 4.69) is 68.3 Å². The lowest BCUT2D eigenvalue weighted by Crippen LogP contribution is -2.02. The minimum atomic E-state index is 0.897. The van der Waals surface area contributed by atoms with E-state index in [-0.39, 0.29) is 0 Å². The van der Waals surface area contributed by atoms with E-state index in [0.29, 0.717) is 0 Å². The van der Waals surface area contributed by atoms with Crippen molar-refractivity contribution >= 4 is 0 Å². The summed E-state index contributed by atoms with van der Waals surface area (Å²) in [5.74, 6) is 0. The van der Waals surface area contributed by atoms with Crippen molar-refractivity contribution in [3.05, 3.63) is 25.7 Å². The molecule has 0 amide bonds. The lowest BCUT2D eigenvalue weighted by Gasteiger charge is -1.97. The fourth-order valence-corrected chi connectivity index (χ4v) is 0.167. The van der Waals surface area contributed by atoms with Gasteiger partial charge in [0.2, 0.25) is 0 Å². The van der Waals surface area contributed by atoms with Gasteiger partial charge in [-0.1, -0.05) is 13.2 Å². The zero-order valence-corrected chi connectivity index (χ0v) is 7.06. The Kier molecular flexibility index (Phi) is 11.6. The van der Waals surface area contributed by atoms with Crippen LogP contribution in [0.25, 0.3) is 0 Å². The predicted molar refractivity (Wildman–Crippen MR) is 32.3 cm³/mol. The summed E-state index contributed by atoms with van der Waals surface area (Å²) in [6.45, 7) is 6.19. The van der Waals surface area contributed by atoms with Crippen LogP contribution >= 0.6 is 0 Å². The Morgan fingerprint density at radius 1 is 0.467 bits per heavy atom. The zero-order chi connectivity index (χ0) is 11.2. The molecular formula is C4H6O11. The van der Waals surface area contributed by atoms with Gasteiger partial charge >= 0.3 is 0 Å². The summed E-state index contributed by atoms with van der Waals surface area (Å²) in [6, 6.07) is 0. The van der Waals surface area contributed by atoms with Gasteiger partial charge < -0.3 is 9.78 Å². The van der Waals surface area contributed by atoms with Crippen LogP contribution in [0.2, 0.25) is 0 Å². The third-order valence-electron chi connectivity index (χ3n) is 0.437. The molecule has 0 aliphatic rings. The van der Waals surface area contributed by atoms with Gasteiger partial charge in [-0.3, -0.25) is 0 Å². The Morgan fingerprint density at radius 2 is 0.733 bits per heavy atom. The molecule has 0 radical (unpaired) electrons. The molecule has 0 aliphatic carbocycles. The van der Waals surface area contributed by atoms with Crippen LogP contribution in [0.15, 0.2) is 25.7 Å². The molecule has 0 spiro atoms. The van der Waals surface area contributed by atoms with Gasteiger partial charge in [0.1, 0.15) is 12.5 Å². The van der Waals surface area contributed by atoms with E-state index in [1.54, 1.807) is 0 Å². The highest BCUT2D eigenvalue weighted by Crippen LogP contribution is 1.90. The topological polar surface area (TPSA) is 102 Å². The second-order valence-electron chi connectivity index (χ2n) is 1.14. The summed E-state index contributed by atoms with van der Waals surface area (Å²) < 4.78 is 0. The van der Waals surface area contributed by atoms with Gasteiger partial charge in [0.05, 0.1) is 0 Å². The van der Waals surface area contributed by atoms with Gasteiger partial charge in [-0.2, -0.15) is 0 Å². The quantitative estimate of drug-likeness (QED) is 0.204. The summed E-state index contributed by atoms with van der Waals surface area (Å²) in [5.41, 5.74) is 0. The minimum absolute atomic E-state index is 0.897. The molecule has 0 saturated carbocycles. The Bertz CT molecular complexity index is 132. The molecule has 15 heavy (non-hydrogen) atoms. The monoisotopic (exact) mass is 230 g/mol. The minimum Gasteiger partial charge on any atom is -0.315 e. The summed E-state index contributed by atoms with van der Waals surface area (Å²) in [4.78, 5) is 7.89. The van der Waals surface area contributed by atoms with E-state index >= 15 is 0 Å². The first-order valence-corrected chi connectivity index (χ1v) is 2.95. The molecule has 0 unspecified atom stereocenters. The van der Waals surface area contributed by atoms with Crippen LogP contribution in [0.1, 0.15) is 0 Å². The third-order valence-corrected chi connectivity index (χ3v) is 0.437. The standard InChI is InChI=1S/C4H6O11/c1-3-5-7-9-11-13-15-14-12-10-8-6-4-2/h3-4H,1-2H2. The fourth-order valence-electron chi connectivity index (χ4n) is 0.167. The molecule has 11 heteroatoms. The molecule has 88 valence electrons. The molecule has 0 fully saturated rings. The molecular weight excluding hydrogens is 224 g/mol. The molecule has 0 heterocycles. The summed E-state index contributed by atoms with van der Waals surface area (Å²) in [7, 11) is 0. The van der Waals surface area contributed by atoms with E-state index in [0.717, 1.165) is 12.5 Å². The van der Waals surface area contributed by atoms with Gasteiger partial charge in [0.15, 0.2) is 0 Å². The van der Waals surface area contributed by atoms with Gasteiger partial charge in [0.25, 0.3) is 0 Å². The van der Waals surface area contributed by atoms with Gasteiger partial charge in [-0.15, -0.1) is 0 Å². The Hall–Kier alpha value is -1.28. The second-order valence-corrected chi connectivity index (χ2v) is 1.14. The summed E-state index contributed by atoms with van der Waals surface area (Å²) in [6.07, 6.45) is 1.79. The molecule has 11 nitrogen and oxygen atoms in total. The SMILES string of the molecule is C=COOOOOOOOOOOC=C. The van der Waals surface area contributed by atoms with E-state index in [4.69, 9.17) is 0 Å². The molecule has 0 aliphatic heterocycles. The smallest absolute Gasteiger partial charge is 0.125 e. The zero-order valence-electron chi connectivity index (χ0n) is 7.06.